The standard InChI is InChI=1S/C12H10BrFN2O/c1-8-11(13)12(17)16(7-15-8)6-9-4-2-3-5-10(9)14/h2-5,7H,6H2,1H3. The Labute approximate surface area is 106 Å². The summed E-state index contributed by atoms with van der Waals surface area (Å²) < 4.78 is 15.2. The van der Waals surface area contributed by atoms with Crippen LogP contribution in [0.2, 0.25) is 0 Å². The average molecular weight is 297 g/mol. The maximum atomic E-state index is 13.4. The fraction of sp³-hybridized carbons (Fsp3) is 0.167. The van der Waals surface area contributed by atoms with Crippen molar-refractivity contribution in [2.75, 3.05) is 0 Å². The van der Waals surface area contributed by atoms with E-state index in [1.807, 2.05) is 0 Å². The third-order valence-corrected chi connectivity index (χ3v) is 3.37. The molecule has 0 fully saturated rings. The highest BCUT2D eigenvalue weighted by molar-refractivity contribution is 9.10. The molecule has 1 aromatic heterocycles. The van der Waals surface area contributed by atoms with Crippen LogP contribution in [0.15, 0.2) is 39.9 Å². The van der Waals surface area contributed by atoms with E-state index in [1.165, 1.54) is 17.0 Å². The van der Waals surface area contributed by atoms with Crippen molar-refractivity contribution in [3.05, 3.63) is 62.5 Å². The molecule has 0 unspecified atom stereocenters. The monoisotopic (exact) mass is 296 g/mol. The van der Waals surface area contributed by atoms with E-state index in [4.69, 9.17) is 0 Å². The minimum absolute atomic E-state index is 0.178. The van der Waals surface area contributed by atoms with Gasteiger partial charge in [-0.1, -0.05) is 18.2 Å². The van der Waals surface area contributed by atoms with Gasteiger partial charge in [-0.05, 0) is 28.9 Å². The molecule has 0 bridgehead atoms. The van der Waals surface area contributed by atoms with E-state index in [1.54, 1.807) is 25.1 Å². The first-order valence-corrected chi connectivity index (χ1v) is 5.84. The third kappa shape index (κ3) is 2.44. The fourth-order valence-corrected chi connectivity index (χ4v) is 1.80. The lowest BCUT2D eigenvalue weighted by molar-refractivity contribution is 0.593. The van der Waals surface area contributed by atoms with Gasteiger partial charge in [0.05, 0.1) is 18.6 Å². The first-order chi connectivity index (χ1) is 8.09. The topological polar surface area (TPSA) is 34.9 Å². The van der Waals surface area contributed by atoms with Gasteiger partial charge in [-0.15, -0.1) is 0 Å². The van der Waals surface area contributed by atoms with Crippen LogP contribution in [-0.4, -0.2) is 9.55 Å². The van der Waals surface area contributed by atoms with Gasteiger partial charge in [0.2, 0.25) is 0 Å². The predicted octanol–water partition coefficient (Wildman–Crippen LogP) is 2.50. The normalized spacial score (nSPS) is 10.5. The molecule has 0 amide bonds. The molecule has 1 heterocycles. The van der Waals surface area contributed by atoms with E-state index in [0.717, 1.165) is 0 Å². The molecule has 2 aromatic rings. The minimum atomic E-state index is -0.323. The molecule has 0 atom stereocenters. The lowest BCUT2D eigenvalue weighted by Crippen LogP contribution is -2.23. The van der Waals surface area contributed by atoms with E-state index < -0.39 is 0 Å². The van der Waals surface area contributed by atoms with Crippen molar-refractivity contribution in [1.29, 1.82) is 0 Å². The number of hydrogen-bond acceptors (Lipinski definition) is 2. The van der Waals surface area contributed by atoms with Crippen LogP contribution in [0.4, 0.5) is 4.39 Å². The van der Waals surface area contributed by atoms with Gasteiger partial charge in [-0.2, -0.15) is 0 Å². The quantitative estimate of drug-likeness (QED) is 0.853. The number of benzene rings is 1. The second kappa shape index (κ2) is 4.79. The van der Waals surface area contributed by atoms with Crippen LogP contribution in [0.3, 0.4) is 0 Å². The van der Waals surface area contributed by atoms with E-state index in [9.17, 15) is 9.18 Å². The van der Waals surface area contributed by atoms with Gasteiger partial charge in [0.1, 0.15) is 10.3 Å². The number of hydrogen-bond donors (Lipinski definition) is 0. The SMILES string of the molecule is Cc1ncn(Cc2ccccc2F)c(=O)c1Br. The molecule has 0 aliphatic rings. The molecule has 17 heavy (non-hydrogen) atoms. The van der Waals surface area contributed by atoms with Gasteiger partial charge >= 0.3 is 0 Å². The fourth-order valence-electron chi connectivity index (χ4n) is 1.47. The molecule has 0 saturated carbocycles. The molecular weight excluding hydrogens is 287 g/mol. The zero-order chi connectivity index (χ0) is 12.4. The van der Waals surface area contributed by atoms with Crippen LogP contribution in [-0.2, 0) is 6.54 Å². The summed E-state index contributed by atoms with van der Waals surface area (Å²) in [5.41, 5.74) is 0.882. The first kappa shape index (κ1) is 12.0. The maximum absolute atomic E-state index is 13.4. The zero-order valence-corrected chi connectivity index (χ0v) is 10.7. The molecule has 0 N–H and O–H groups in total. The molecule has 0 aliphatic carbocycles. The van der Waals surface area contributed by atoms with Crippen LogP contribution in [0.5, 0.6) is 0 Å². The largest absolute Gasteiger partial charge is 0.294 e. The second-order valence-electron chi connectivity index (χ2n) is 3.67. The molecule has 0 spiro atoms. The number of halogens is 2. The van der Waals surface area contributed by atoms with Crippen LogP contribution in [0, 0.1) is 12.7 Å². The van der Waals surface area contributed by atoms with Crippen LogP contribution < -0.4 is 5.56 Å². The van der Waals surface area contributed by atoms with Gasteiger partial charge in [-0.25, -0.2) is 9.37 Å². The molecule has 1 aromatic carbocycles. The molecule has 5 heteroatoms. The molecule has 0 saturated heterocycles. The second-order valence-corrected chi connectivity index (χ2v) is 4.46. The Bertz CT molecular complexity index is 610. The Hall–Kier alpha value is -1.49. The van der Waals surface area contributed by atoms with Crippen LogP contribution in [0.25, 0.3) is 0 Å². The Morgan fingerprint density at radius 1 is 1.41 bits per heavy atom. The lowest BCUT2D eigenvalue weighted by atomic mass is 10.2. The summed E-state index contributed by atoms with van der Waals surface area (Å²) >= 11 is 3.17. The van der Waals surface area contributed by atoms with Crippen molar-refractivity contribution >= 4 is 15.9 Å². The van der Waals surface area contributed by atoms with Crippen molar-refractivity contribution in [1.82, 2.24) is 9.55 Å². The summed E-state index contributed by atoms with van der Waals surface area (Å²) in [5, 5.41) is 0. The van der Waals surface area contributed by atoms with Crippen LogP contribution >= 0.6 is 15.9 Å². The molecular formula is C12H10BrFN2O. The van der Waals surface area contributed by atoms with Gasteiger partial charge < -0.3 is 0 Å². The number of rotatable bonds is 2. The Balaban J connectivity index is 2.41. The van der Waals surface area contributed by atoms with Crippen molar-refractivity contribution in [3.8, 4) is 0 Å². The van der Waals surface area contributed by atoms with E-state index in [-0.39, 0.29) is 17.9 Å². The maximum Gasteiger partial charge on any atom is 0.268 e. The Morgan fingerprint density at radius 2 is 2.12 bits per heavy atom. The molecule has 3 nitrogen and oxygen atoms in total. The van der Waals surface area contributed by atoms with Crippen molar-refractivity contribution in [2.45, 2.75) is 13.5 Å². The molecule has 0 aliphatic heterocycles. The number of aromatic nitrogens is 2. The predicted molar refractivity (Wildman–Crippen MR) is 66.4 cm³/mol. The van der Waals surface area contributed by atoms with Crippen molar-refractivity contribution in [3.63, 3.8) is 0 Å². The van der Waals surface area contributed by atoms with Crippen LogP contribution in [0.1, 0.15) is 11.3 Å². The Morgan fingerprint density at radius 3 is 2.82 bits per heavy atom. The zero-order valence-electron chi connectivity index (χ0n) is 9.15. The highest BCUT2D eigenvalue weighted by Gasteiger charge is 2.07. The molecule has 2 rings (SSSR count). The highest BCUT2D eigenvalue weighted by Crippen LogP contribution is 2.10. The van der Waals surface area contributed by atoms with Gasteiger partial charge in [-0.3, -0.25) is 9.36 Å². The average Bonchev–Trinajstić information content (AvgIpc) is 2.32. The van der Waals surface area contributed by atoms with E-state index >= 15 is 0 Å². The van der Waals surface area contributed by atoms with Gasteiger partial charge in [0, 0.05) is 5.56 Å². The Kier molecular flexibility index (Phi) is 3.38. The van der Waals surface area contributed by atoms with E-state index in [0.29, 0.717) is 15.7 Å². The van der Waals surface area contributed by atoms with E-state index in [2.05, 4.69) is 20.9 Å². The number of aryl methyl sites for hydroxylation is 1. The summed E-state index contributed by atoms with van der Waals surface area (Å²) in [5.74, 6) is -0.323. The summed E-state index contributed by atoms with van der Waals surface area (Å²) in [6.45, 7) is 1.91. The lowest BCUT2D eigenvalue weighted by Gasteiger charge is -2.07. The van der Waals surface area contributed by atoms with Crippen molar-refractivity contribution < 1.29 is 4.39 Å². The number of nitrogens with zero attached hydrogens (tertiary/aromatic N) is 2. The summed E-state index contributed by atoms with van der Waals surface area (Å²) in [6, 6.07) is 6.37. The highest BCUT2D eigenvalue weighted by atomic mass is 79.9. The van der Waals surface area contributed by atoms with Gasteiger partial charge in [0.25, 0.3) is 5.56 Å². The van der Waals surface area contributed by atoms with Gasteiger partial charge in [0.15, 0.2) is 0 Å². The first-order valence-electron chi connectivity index (χ1n) is 5.04. The minimum Gasteiger partial charge on any atom is -0.294 e. The smallest absolute Gasteiger partial charge is 0.268 e. The summed E-state index contributed by atoms with van der Waals surface area (Å²) in [6.07, 6.45) is 1.43. The molecule has 88 valence electrons. The van der Waals surface area contributed by atoms with Crippen molar-refractivity contribution in [2.24, 2.45) is 0 Å². The summed E-state index contributed by atoms with van der Waals surface area (Å²) in [4.78, 5) is 15.9. The molecule has 0 radical (unpaired) electrons. The third-order valence-electron chi connectivity index (χ3n) is 2.46. The summed E-state index contributed by atoms with van der Waals surface area (Å²) in [7, 11) is 0.